The van der Waals surface area contributed by atoms with Crippen LogP contribution in [-0.4, -0.2) is 64.6 Å². The number of benzene rings is 1. The number of hydrogen-bond donors (Lipinski definition) is 4. The number of para-hydroxylation sites is 1. The van der Waals surface area contributed by atoms with Crippen LogP contribution in [0.5, 0.6) is 5.75 Å². The number of aliphatic hydroxyl groups excluding tert-OH is 2. The molecule has 11 unspecified atom stereocenters. The van der Waals surface area contributed by atoms with Crippen molar-refractivity contribution in [2.24, 2.45) is 56.3 Å². The third-order valence-electron chi connectivity index (χ3n) is 13.6. The van der Waals surface area contributed by atoms with Crippen LogP contribution in [0.2, 0.25) is 0 Å². The van der Waals surface area contributed by atoms with E-state index in [1.807, 2.05) is 24.6 Å². The van der Waals surface area contributed by atoms with Crippen molar-refractivity contribution in [3.63, 3.8) is 0 Å². The van der Waals surface area contributed by atoms with Crippen molar-refractivity contribution in [3.8, 4) is 5.75 Å². The van der Waals surface area contributed by atoms with Gasteiger partial charge in [0.2, 0.25) is 0 Å². The average Bonchev–Trinajstić information content (AvgIpc) is 3.18. The molecule has 320 valence electrons. The number of nitrogens with one attached hydrogen (secondary N) is 1. The Bertz CT molecular complexity index is 1870. The predicted octanol–water partition coefficient (Wildman–Crippen LogP) is 10.6. The normalized spacial score (nSPS) is 32.2. The minimum Gasteiger partial charge on any atom is -0.507 e. The summed E-state index contributed by atoms with van der Waals surface area (Å²) in [6.07, 6.45) is 37.0. The van der Waals surface area contributed by atoms with Gasteiger partial charge in [-0.15, -0.1) is 0 Å². The Kier molecular flexibility index (Phi) is 14.5. The number of phenolic OH excluding ortho intramolecular Hbond substituents is 1. The maximum absolute atomic E-state index is 11.2. The van der Waals surface area contributed by atoms with Gasteiger partial charge in [-0.3, -0.25) is 9.98 Å². The lowest BCUT2D eigenvalue weighted by atomic mass is 9.68. The van der Waals surface area contributed by atoms with Crippen LogP contribution in [-0.2, 0) is 11.8 Å². The molecule has 0 aliphatic heterocycles. The summed E-state index contributed by atoms with van der Waals surface area (Å²) in [5.74, 6) is 1.70. The van der Waals surface area contributed by atoms with Gasteiger partial charge in [-0.25, -0.2) is 0 Å². The summed E-state index contributed by atoms with van der Waals surface area (Å²) in [5.41, 5.74) is 4.33. The first-order valence-corrected chi connectivity index (χ1v) is 22.7. The lowest BCUT2D eigenvalue weighted by Gasteiger charge is -2.38. The number of hydrogen-bond acceptors (Lipinski definition) is 6. The van der Waals surface area contributed by atoms with Gasteiger partial charge in [0.1, 0.15) is 5.75 Å². The van der Waals surface area contributed by atoms with Crippen LogP contribution in [0.1, 0.15) is 112 Å². The van der Waals surface area contributed by atoms with Gasteiger partial charge in [-0.1, -0.05) is 153 Å². The summed E-state index contributed by atoms with van der Waals surface area (Å²) in [4.78, 5) is 10.0. The minimum absolute atomic E-state index is 0.0445. The molecule has 1 aromatic carbocycles. The minimum atomic E-state index is -0.542. The van der Waals surface area contributed by atoms with E-state index >= 15 is 0 Å². The van der Waals surface area contributed by atoms with Gasteiger partial charge in [0.15, 0.2) is 0 Å². The van der Waals surface area contributed by atoms with Crippen LogP contribution in [0.3, 0.4) is 0 Å². The molecule has 5 aliphatic carbocycles. The highest BCUT2D eigenvalue weighted by atomic mass is 16.3. The first-order valence-electron chi connectivity index (χ1n) is 22.7. The van der Waals surface area contributed by atoms with E-state index in [2.05, 4.69) is 147 Å². The lowest BCUT2D eigenvalue weighted by Crippen LogP contribution is -2.39. The van der Waals surface area contributed by atoms with Gasteiger partial charge in [0, 0.05) is 30.3 Å². The second-order valence-corrected chi connectivity index (χ2v) is 21.2. The number of rotatable bonds is 11. The molecule has 0 saturated carbocycles. The van der Waals surface area contributed by atoms with Crippen LogP contribution >= 0.6 is 0 Å². The summed E-state index contributed by atoms with van der Waals surface area (Å²) < 4.78 is 0. The monoisotopic (exact) mass is 802 g/mol. The number of aliphatic hydroxyl groups is 2. The van der Waals surface area contributed by atoms with Crippen molar-refractivity contribution in [3.05, 3.63) is 113 Å². The third-order valence-corrected chi connectivity index (χ3v) is 13.6. The van der Waals surface area contributed by atoms with Crippen LogP contribution < -0.4 is 5.32 Å². The summed E-state index contributed by atoms with van der Waals surface area (Å²) in [7, 11) is 0. The molecule has 0 amide bonds. The summed E-state index contributed by atoms with van der Waals surface area (Å²) in [6, 6.07) is 6.66. The van der Waals surface area contributed by atoms with E-state index in [4.69, 9.17) is 9.98 Å². The standard InChI is InChI=1S/C53H75N3O3/c1-51(2,3)44-16-10-13-38(48(44)57)31-32-54-41-25-19-35(20-26-41)47(36-21-27-42(28-22-36)55-33-39-14-11-17-45(49(39)58)52(4,5)6)37-23-29-43(30-24-37)56-34-40-15-12-18-46(50(40)59)53(7,8)9/h10-17,19,21,23-25,27,29,33-36,39-43,46-47,49-50,54,57-59H,18,20,22,26,28,30-32H2,1-9H3. The molecule has 4 N–H and O–H groups in total. The molecule has 1 aromatic rings. The van der Waals surface area contributed by atoms with E-state index in [0.29, 0.717) is 29.5 Å². The lowest BCUT2D eigenvalue weighted by molar-refractivity contribution is 0.0267. The Balaban J connectivity index is 1.13. The van der Waals surface area contributed by atoms with E-state index < -0.39 is 12.2 Å². The first-order chi connectivity index (χ1) is 27.9. The molecule has 0 bridgehead atoms. The fourth-order valence-electron chi connectivity index (χ4n) is 10.00. The zero-order chi connectivity index (χ0) is 42.5. The van der Waals surface area contributed by atoms with E-state index in [9.17, 15) is 15.3 Å². The van der Waals surface area contributed by atoms with E-state index in [-0.39, 0.29) is 46.1 Å². The number of allylic oxidation sites excluding steroid dienone is 7. The van der Waals surface area contributed by atoms with Gasteiger partial charge in [-0.05, 0) is 114 Å². The number of aliphatic imine (C=N–C) groups is 2. The van der Waals surface area contributed by atoms with Crippen LogP contribution in [0.25, 0.3) is 0 Å². The van der Waals surface area contributed by atoms with Crippen molar-refractivity contribution in [1.29, 1.82) is 0 Å². The van der Waals surface area contributed by atoms with Crippen molar-refractivity contribution < 1.29 is 15.3 Å². The summed E-state index contributed by atoms with van der Waals surface area (Å²) in [5, 5.41) is 37.1. The topological polar surface area (TPSA) is 97.4 Å². The van der Waals surface area contributed by atoms with Crippen molar-refractivity contribution in [1.82, 2.24) is 5.32 Å². The fraction of sp³-hybridized carbons (Fsp3) is 0.585. The molecule has 11 atom stereocenters. The Morgan fingerprint density at radius 2 is 1.47 bits per heavy atom. The highest BCUT2D eigenvalue weighted by molar-refractivity contribution is 5.67. The summed E-state index contributed by atoms with van der Waals surface area (Å²) in [6.45, 7) is 20.4. The molecule has 6 rings (SSSR count). The molecule has 6 heteroatoms. The maximum atomic E-state index is 11.2. The Labute approximate surface area is 356 Å². The molecule has 59 heavy (non-hydrogen) atoms. The number of aromatic hydroxyl groups is 1. The quantitative estimate of drug-likeness (QED) is 0.132. The van der Waals surface area contributed by atoms with Crippen molar-refractivity contribution in [2.45, 2.75) is 143 Å². The highest BCUT2D eigenvalue weighted by Crippen LogP contribution is 2.43. The van der Waals surface area contributed by atoms with Crippen molar-refractivity contribution >= 4 is 12.4 Å². The zero-order valence-corrected chi connectivity index (χ0v) is 37.6. The van der Waals surface area contributed by atoms with Crippen LogP contribution in [0.15, 0.2) is 112 Å². The molecule has 5 aliphatic rings. The zero-order valence-electron chi connectivity index (χ0n) is 37.6. The second kappa shape index (κ2) is 19.0. The smallest absolute Gasteiger partial charge is 0.122 e. The van der Waals surface area contributed by atoms with E-state index in [1.54, 1.807) is 0 Å². The van der Waals surface area contributed by atoms with Crippen LogP contribution in [0, 0.1) is 46.3 Å². The highest BCUT2D eigenvalue weighted by Gasteiger charge is 2.37. The van der Waals surface area contributed by atoms with E-state index in [1.165, 1.54) is 5.57 Å². The Hall–Kier alpha value is -3.58. The molecule has 0 aromatic heterocycles. The van der Waals surface area contributed by atoms with Gasteiger partial charge in [0.25, 0.3) is 0 Å². The molecule has 6 nitrogen and oxygen atoms in total. The average molecular weight is 802 g/mol. The number of phenols is 1. The van der Waals surface area contributed by atoms with E-state index in [0.717, 1.165) is 68.2 Å². The third kappa shape index (κ3) is 11.4. The Morgan fingerprint density at radius 3 is 2.10 bits per heavy atom. The second-order valence-electron chi connectivity index (χ2n) is 21.2. The first kappa shape index (κ1) is 45.0. The number of nitrogens with zero attached hydrogens (tertiary/aromatic N) is 2. The van der Waals surface area contributed by atoms with Crippen LogP contribution in [0.4, 0.5) is 0 Å². The molecular weight excluding hydrogens is 727 g/mol. The Morgan fingerprint density at radius 1 is 0.763 bits per heavy atom. The van der Waals surface area contributed by atoms with Crippen molar-refractivity contribution in [2.75, 3.05) is 6.54 Å². The molecule has 0 spiro atoms. The molecule has 0 saturated heterocycles. The van der Waals surface area contributed by atoms with Gasteiger partial charge < -0.3 is 20.6 Å². The van der Waals surface area contributed by atoms with Gasteiger partial charge in [-0.2, -0.15) is 0 Å². The molecule has 0 fully saturated rings. The maximum Gasteiger partial charge on any atom is 0.122 e. The van der Waals surface area contributed by atoms with Gasteiger partial charge in [0.05, 0.1) is 24.3 Å². The summed E-state index contributed by atoms with van der Waals surface area (Å²) >= 11 is 0. The SMILES string of the molecule is CC(C)(C)C1=CC=CC(C=NC2C=CC(C(C3=CCC(N=CC4C=CCC(C(C)(C)C)C4O)C=C3)C3C=CC(NCCc4cccc(C(C)(C)C)c4O)CC3)CC2)C1O. The fourth-order valence-corrected chi connectivity index (χ4v) is 10.00. The molecular formula is C53H75N3O3. The predicted molar refractivity (Wildman–Crippen MR) is 248 cm³/mol. The largest absolute Gasteiger partial charge is 0.507 e. The molecule has 0 radical (unpaired) electrons. The van der Waals surface area contributed by atoms with Gasteiger partial charge >= 0.3 is 0 Å². The molecule has 0 heterocycles.